The van der Waals surface area contributed by atoms with Crippen molar-refractivity contribution in [3.8, 4) is 67.5 Å². The number of hydrogen-bond donors (Lipinski definition) is 0. The molecule has 46 heavy (non-hydrogen) atoms. The molecule has 0 saturated heterocycles. The van der Waals surface area contributed by atoms with E-state index in [4.69, 9.17) is 11.0 Å². The third kappa shape index (κ3) is 6.34. The minimum absolute atomic E-state index is 0.0728. The van der Waals surface area contributed by atoms with Crippen LogP contribution in [0.3, 0.4) is 0 Å². The first-order chi connectivity index (χ1) is 25.8. The minimum atomic E-state index is -1.60. The number of hydrogen-bond acceptors (Lipinski definition) is 3. The van der Waals surface area contributed by atoms with Gasteiger partial charge in [-0.3, -0.25) is 0 Å². The van der Waals surface area contributed by atoms with Crippen molar-refractivity contribution in [2.45, 2.75) is 19.6 Å². The van der Waals surface area contributed by atoms with Crippen molar-refractivity contribution in [1.82, 2.24) is 15.0 Å². The number of aromatic nitrogens is 3. The second-order valence-electron chi connectivity index (χ2n) is 11.9. The summed E-state index contributed by atoms with van der Waals surface area (Å²) in [4.78, 5) is 13.8. The van der Waals surface area contributed by atoms with Crippen molar-refractivity contribution in [2.75, 3.05) is 0 Å². The Bertz CT molecular complexity index is 2460. The highest BCUT2D eigenvalue weighted by atomic mass is 28.3. The molecule has 6 aromatic carbocycles. The van der Waals surface area contributed by atoms with Crippen LogP contribution in [0.4, 0.5) is 0 Å². The van der Waals surface area contributed by atoms with Crippen LogP contribution in [0.2, 0.25) is 19.6 Å². The first kappa shape index (κ1) is 21.3. The van der Waals surface area contributed by atoms with Crippen LogP contribution in [0.5, 0.6) is 0 Å². The quantitative estimate of drug-likeness (QED) is 0.167. The van der Waals surface area contributed by atoms with Gasteiger partial charge in [0.1, 0.15) is 0 Å². The lowest BCUT2D eigenvalue weighted by Gasteiger charge is -2.17. The molecule has 1 aromatic heterocycles. The Labute approximate surface area is 283 Å². The highest BCUT2D eigenvalue weighted by Crippen LogP contribution is 2.30. The van der Waals surface area contributed by atoms with E-state index in [1.807, 2.05) is 91.0 Å². The van der Waals surface area contributed by atoms with Crippen molar-refractivity contribution in [1.29, 1.82) is 0 Å². The van der Waals surface area contributed by atoms with Gasteiger partial charge in [0, 0.05) is 16.7 Å². The van der Waals surface area contributed by atoms with E-state index in [2.05, 4.69) is 46.7 Å². The van der Waals surface area contributed by atoms with Crippen molar-refractivity contribution in [2.24, 2.45) is 0 Å². The highest BCUT2D eigenvalue weighted by Gasteiger charge is 2.17. The molecule has 0 aliphatic rings. The molecule has 0 radical (unpaired) electrons. The summed E-state index contributed by atoms with van der Waals surface area (Å²) in [5.41, 5.74) is 2.92. The van der Waals surface area contributed by atoms with Gasteiger partial charge in [0.15, 0.2) is 17.5 Å². The largest absolute Gasteiger partial charge is 0.208 e. The topological polar surface area (TPSA) is 38.7 Å². The second kappa shape index (κ2) is 12.5. The van der Waals surface area contributed by atoms with E-state index in [1.165, 1.54) is 5.19 Å². The lowest BCUT2D eigenvalue weighted by molar-refractivity contribution is 1.07. The molecular formula is C42H35N3Si. The van der Waals surface area contributed by atoms with E-state index in [0.29, 0.717) is 16.7 Å². The van der Waals surface area contributed by atoms with Crippen LogP contribution in [-0.2, 0) is 0 Å². The molecule has 0 atom stereocenters. The van der Waals surface area contributed by atoms with Crippen LogP contribution in [-0.4, -0.2) is 23.0 Å². The molecule has 0 aliphatic heterocycles. The fraction of sp³-hybridized carbons (Fsp3) is 0.0714. The van der Waals surface area contributed by atoms with Crippen LogP contribution in [0.15, 0.2) is 158 Å². The van der Waals surface area contributed by atoms with Crippen LogP contribution >= 0.6 is 0 Å². The Morgan fingerprint density at radius 3 is 1.20 bits per heavy atom. The van der Waals surface area contributed by atoms with Crippen molar-refractivity contribution >= 4 is 13.3 Å². The van der Waals surface area contributed by atoms with Gasteiger partial charge in [-0.15, -0.1) is 0 Å². The van der Waals surface area contributed by atoms with Gasteiger partial charge < -0.3 is 0 Å². The molecule has 4 heteroatoms. The van der Waals surface area contributed by atoms with Crippen molar-refractivity contribution < 1.29 is 11.0 Å². The Morgan fingerprint density at radius 2 is 0.717 bits per heavy atom. The summed E-state index contributed by atoms with van der Waals surface area (Å²) in [5.74, 6) is 0.489. The molecule has 0 aliphatic carbocycles. The van der Waals surface area contributed by atoms with Gasteiger partial charge in [-0.1, -0.05) is 176 Å². The Hall–Kier alpha value is -5.45. The molecule has 222 valence electrons. The average molecular weight is 618 g/mol. The van der Waals surface area contributed by atoms with E-state index in [1.54, 1.807) is 6.07 Å². The average Bonchev–Trinajstić information content (AvgIpc) is 3.18. The van der Waals surface area contributed by atoms with Gasteiger partial charge in [-0.2, -0.15) is 0 Å². The zero-order valence-electron chi connectivity index (χ0n) is 33.7. The first-order valence-electron chi connectivity index (χ1n) is 19.1. The van der Waals surface area contributed by atoms with E-state index >= 15 is 0 Å². The van der Waals surface area contributed by atoms with Crippen LogP contribution < -0.4 is 5.19 Å². The normalized spacial score (nSPS) is 13.8. The maximum Gasteiger partial charge on any atom is 0.164 e. The summed E-state index contributed by atoms with van der Waals surface area (Å²) in [6.07, 6.45) is 0. The van der Waals surface area contributed by atoms with Crippen LogP contribution in [0.25, 0.3) is 67.5 Å². The SMILES string of the molecule is [2H]c1c([2H])c(-c2c([2H])c([2H])c(-c3nc(-c4ccccc4)nc(-c4ccccc4)n3)c([2H])c2[2H])c([2H])c([2H])c1-c1cccc(-c2cccc([Si](C)(C)C)c2)c1. The molecule has 0 bridgehead atoms. The molecule has 0 fully saturated rings. The standard InChI is InChI=1S/C42H35N3Si/c1-46(2,3)39-19-11-18-38(29-39)37-17-10-16-36(28-37)32-22-20-30(21-23-32)31-24-26-35(27-25-31)42-44-40(33-12-6-4-7-13-33)43-41(45-42)34-14-8-5-9-15-34/h4-29H,1-3H3/i20D,21D,22D,23D,24D,25D,26D,27D. The van der Waals surface area contributed by atoms with Gasteiger partial charge in [0.2, 0.25) is 0 Å². The fourth-order valence-electron chi connectivity index (χ4n) is 5.07. The fourth-order valence-corrected chi connectivity index (χ4v) is 6.26. The Morgan fingerprint density at radius 1 is 0.370 bits per heavy atom. The zero-order valence-corrected chi connectivity index (χ0v) is 26.7. The van der Waals surface area contributed by atoms with Gasteiger partial charge in [0.05, 0.1) is 19.0 Å². The Kier molecular flexibility index (Phi) is 5.79. The van der Waals surface area contributed by atoms with Gasteiger partial charge in [0.25, 0.3) is 0 Å². The molecule has 0 unspecified atom stereocenters. The highest BCUT2D eigenvalue weighted by molar-refractivity contribution is 6.88. The molecule has 3 nitrogen and oxygen atoms in total. The van der Waals surface area contributed by atoms with Crippen molar-refractivity contribution in [3.63, 3.8) is 0 Å². The minimum Gasteiger partial charge on any atom is -0.208 e. The summed E-state index contributed by atoms with van der Waals surface area (Å²) in [6, 6.07) is 30.3. The van der Waals surface area contributed by atoms with E-state index in [0.717, 1.165) is 11.1 Å². The predicted octanol–water partition coefficient (Wildman–Crippen LogP) is 10.4. The van der Waals surface area contributed by atoms with Gasteiger partial charge >= 0.3 is 0 Å². The number of rotatable bonds is 7. The number of nitrogens with zero attached hydrogens (tertiary/aromatic N) is 3. The third-order valence-corrected chi connectivity index (χ3v) is 9.68. The maximum absolute atomic E-state index is 9.09. The first-order valence-corrected chi connectivity index (χ1v) is 18.6. The van der Waals surface area contributed by atoms with Gasteiger partial charge in [-0.05, 0) is 39.4 Å². The Balaban J connectivity index is 1.37. The summed E-state index contributed by atoms with van der Waals surface area (Å²) < 4.78 is 72.6. The molecule has 7 rings (SSSR count). The lowest BCUT2D eigenvalue weighted by atomic mass is 9.97. The molecule has 0 spiro atoms. The number of benzene rings is 6. The molecule has 0 amide bonds. The third-order valence-electron chi connectivity index (χ3n) is 7.64. The van der Waals surface area contributed by atoms with E-state index in [-0.39, 0.29) is 51.8 Å². The van der Waals surface area contributed by atoms with Crippen LogP contribution in [0.1, 0.15) is 11.0 Å². The van der Waals surface area contributed by atoms with E-state index < -0.39 is 44.3 Å². The second-order valence-corrected chi connectivity index (χ2v) is 17.0. The monoisotopic (exact) mass is 617 g/mol. The summed E-state index contributed by atoms with van der Waals surface area (Å²) >= 11 is 0. The zero-order chi connectivity index (χ0) is 38.5. The van der Waals surface area contributed by atoms with E-state index in [9.17, 15) is 0 Å². The van der Waals surface area contributed by atoms with Gasteiger partial charge in [-0.25, -0.2) is 15.0 Å². The molecule has 0 N–H and O–H groups in total. The van der Waals surface area contributed by atoms with Crippen LogP contribution in [0, 0.1) is 0 Å². The molecule has 0 saturated carbocycles. The predicted molar refractivity (Wildman–Crippen MR) is 195 cm³/mol. The molecular weight excluding hydrogens is 575 g/mol. The summed E-state index contributed by atoms with van der Waals surface area (Å²) in [7, 11) is -1.60. The molecule has 1 heterocycles. The summed E-state index contributed by atoms with van der Waals surface area (Å²) in [5, 5.41) is 1.29. The van der Waals surface area contributed by atoms with Crippen molar-refractivity contribution in [3.05, 3.63) is 158 Å². The maximum atomic E-state index is 9.09. The smallest absolute Gasteiger partial charge is 0.164 e. The molecule has 7 aromatic rings. The summed E-state index contributed by atoms with van der Waals surface area (Å²) in [6.45, 7) is 6.82. The lowest BCUT2D eigenvalue weighted by Crippen LogP contribution is -2.37.